The van der Waals surface area contributed by atoms with E-state index < -0.39 is 0 Å². The Morgan fingerprint density at radius 1 is 1.50 bits per heavy atom. The van der Waals surface area contributed by atoms with Crippen LogP contribution in [0.5, 0.6) is 0 Å². The summed E-state index contributed by atoms with van der Waals surface area (Å²) in [6.45, 7) is 9.79. The average molecular weight is 226 g/mol. The lowest BCUT2D eigenvalue weighted by molar-refractivity contribution is -0.151. The number of carbonyl (C=O) groups is 1. The molecule has 3 nitrogen and oxygen atoms in total. The van der Waals surface area contributed by atoms with Crippen molar-refractivity contribution in [2.24, 2.45) is 17.1 Å². The van der Waals surface area contributed by atoms with Crippen LogP contribution < -0.4 is 5.73 Å². The van der Waals surface area contributed by atoms with E-state index in [-0.39, 0.29) is 11.3 Å². The maximum atomic E-state index is 12.5. The highest BCUT2D eigenvalue weighted by Gasteiger charge is 2.49. The fraction of sp³-hybridized carbons (Fsp3) is 0.923. The quantitative estimate of drug-likeness (QED) is 0.779. The van der Waals surface area contributed by atoms with Gasteiger partial charge >= 0.3 is 0 Å². The van der Waals surface area contributed by atoms with E-state index in [0.717, 1.165) is 25.8 Å². The molecule has 0 saturated heterocycles. The predicted octanol–water partition coefficient (Wildman–Crippen LogP) is 2.01. The molecule has 1 unspecified atom stereocenters. The molecule has 2 N–H and O–H groups in total. The molecule has 1 atom stereocenters. The van der Waals surface area contributed by atoms with Crippen LogP contribution in [0.15, 0.2) is 0 Å². The van der Waals surface area contributed by atoms with Gasteiger partial charge in [-0.2, -0.15) is 0 Å². The van der Waals surface area contributed by atoms with Crippen molar-refractivity contribution in [3.63, 3.8) is 0 Å². The minimum absolute atomic E-state index is 0.237. The third-order valence-electron chi connectivity index (χ3n) is 4.05. The molecule has 94 valence electrons. The third-order valence-corrected chi connectivity index (χ3v) is 4.05. The van der Waals surface area contributed by atoms with E-state index in [0.29, 0.717) is 18.5 Å². The second-order valence-corrected chi connectivity index (χ2v) is 5.35. The van der Waals surface area contributed by atoms with Crippen molar-refractivity contribution in [1.82, 2.24) is 4.90 Å². The molecule has 1 aliphatic carbocycles. The first kappa shape index (κ1) is 13.5. The molecule has 1 saturated carbocycles. The van der Waals surface area contributed by atoms with E-state index in [1.807, 2.05) is 4.90 Å². The van der Waals surface area contributed by atoms with Gasteiger partial charge in [0.2, 0.25) is 5.91 Å². The highest BCUT2D eigenvalue weighted by molar-refractivity contribution is 5.84. The largest absolute Gasteiger partial charge is 0.340 e. The molecule has 0 aromatic rings. The molecule has 1 rings (SSSR count). The summed E-state index contributed by atoms with van der Waals surface area (Å²) in [5.41, 5.74) is 5.58. The predicted molar refractivity (Wildman–Crippen MR) is 67.0 cm³/mol. The van der Waals surface area contributed by atoms with Gasteiger partial charge in [0.1, 0.15) is 0 Å². The fourth-order valence-corrected chi connectivity index (χ4v) is 2.88. The third kappa shape index (κ3) is 2.24. The summed E-state index contributed by atoms with van der Waals surface area (Å²) >= 11 is 0. The van der Waals surface area contributed by atoms with Gasteiger partial charge in [-0.15, -0.1) is 0 Å². The second kappa shape index (κ2) is 5.17. The van der Waals surface area contributed by atoms with Gasteiger partial charge in [0.05, 0.1) is 5.41 Å². The molecule has 0 spiro atoms. The van der Waals surface area contributed by atoms with Crippen LogP contribution in [0, 0.1) is 11.3 Å². The summed E-state index contributed by atoms with van der Waals surface area (Å²) in [4.78, 5) is 14.5. The molecule has 0 aromatic carbocycles. The standard InChI is InChI=1S/C13H26N2O/c1-5-11(4)15(6-2)12(16)13(9-14)7-10(3)8-13/h10-11H,5-9,14H2,1-4H3. The highest BCUT2D eigenvalue weighted by atomic mass is 16.2. The highest BCUT2D eigenvalue weighted by Crippen LogP contribution is 2.46. The Labute approximate surface area is 99.4 Å². The van der Waals surface area contributed by atoms with E-state index in [4.69, 9.17) is 5.73 Å². The van der Waals surface area contributed by atoms with Crippen molar-refractivity contribution in [3.05, 3.63) is 0 Å². The number of amides is 1. The summed E-state index contributed by atoms with van der Waals surface area (Å²) in [5, 5.41) is 0. The molecule has 0 aliphatic heterocycles. The average Bonchev–Trinajstić information content (AvgIpc) is 2.24. The van der Waals surface area contributed by atoms with Gasteiger partial charge in [-0.05, 0) is 39.0 Å². The summed E-state index contributed by atoms with van der Waals surface area (Å²) < 4.78 is 0. The number of nitrogens with zero attached hydrogens (tertiary/aromatic N) is 1. The smallest absolute Gasteiger partial charge is 0.230 e. The van der Waals surface area contributed by atoms with Gasteiger partial charge < -0.3 is 10.6 Å². The second-order valence-electron chi connectivity index (χ2n) is 5.35. The van der Waals surface area contributed by atoms with Crippen LogP contribution in [0.25, 0.3) is 0 Å². The van der Waals surface area contributed by atoms with Crippen LogP contribution in [-0.2, 0) is 4.79 Å². The molecule has 3 heteroatoms. The lowest BCUT2D eigenvalue weighted by atomic mass is 9.61. The first-order valence-electron chi connectivity index (χ1n) is 6.51. The zero-order chi connectivity index (χ0) is 12.3. The Morgan fingerprint density at radius 3 is 2.38 bits per heavy atom. The van der Waals surface area contributed by atoms with Crippen molar-refractivity contribution < 1.29 is 4.79 Å². The van der Waals surface area contributed by atoms with Crippen molar-refractivity contribution in [2.45, 2.75) is 53.0 Å². The van der Waals surface area contributed by atoms with Gasteiger partial charge in [-0.1, -0.05) is 13.8 Å². The Hall–Kier alpha value is -0.570. The van der Waals surface area contributed by atoms with E-state index in [2.05, 4.69) is 27.7 Å². The number of nitrogens with two attached hydrogens (primary N) is 1. The van der Waals surface area contributed by atoms with Crippen LogP contribution in [0.1, 0.15) is 47.0 Å². The van der Waals surface area contributed by atoms with E-state index in [1.54, 1.807) is 0 Å². The van der Waals surface area contributed by atoms with Gasteiger partial charge in [0.25, 0.3) is 0 Å². The summed E-state index contributed by atoms with van der Waals surface area (Å²) in [7, 11) is 0. The van der Waals surface area contributed by atoms with E-state index >= 15 is 0 Å². The van der Waals surface area contributed by atoms with Crippen LogP contribution in [0.3, 0.4) is 0 Å². The van der Waals surface area contributed by atoms with Crippen molar-refractivity contribution in [3.8, 4) is 0 Å². The lowest BCUT2D eigenvalue weighted by Crippen LogP contribution is -2.56. The van der Waals surface area contributed by atoms with Crippen LogP contribution in [0.2, 0.25) is 0 Å². The van der Waals surface area contributed by atoms with Crippen molar-refractivity contribution >= 4 is 5.91 Å². The normalized spacial score (nSPS) is 30.7. The van der Waals surface area contributed by atoms with Crippen LogP contribution in [-0.4, -0.2) is 29.9 Å². The van der Waals surface area contributed by atoms with Crippen molar-refractivity contribution in [2.75, 3.05) is 13.1 Å². The van der Waals surface area contributed by atoms with Crippen molar-refractivity contribution in [1.29, 1.82) is 0 Å². The molecule has 1 aliphatic rings. The molecule has 1 fully saturated rings. The summed E-state index contributed by atoms with van der Waals surface area (Å²) in [6, 6.07) is 0.330. The van der Waals surface area contributed by atoms with Gasteiger partial charge in [0, 0.05) is 19.1 Å². The molecule has 0 aromatic heterocycles. The van der Waals surface area contributed by atoms with Gasteiger partial charge in [-0.3, -0.25) is 4.79 Å². The lowest BCUT2D eigenvalue weighted by Gasteiger charge is -2.47. The first-order valence-corrected chi connectivity index (χ1v) is 6.51. The van der Waals surface area contributed by atoms with Crippen LogP contribution in [0.4, 0.5) is 0 Å². The maximum Gasteiger partial charge on any atom is 0.230 e. The zero-order valence-electron chi connectivity index (χ0n) is 11.1. The topological polar surface area (TPSA) is 46.3 Å². The molecule has 1 amide bonds. The van der Waals surface area contributed by atoms with E-state index in [9.17, 15) is 4.79 Å². The Balaban J connectivity index is 2.74. The van der Waals surface area contributed by atoms with Gasteiger partial charge in [0.15, 0.2) is 0 Å². The molecular weight excluding hydrogens is 200 g/mol. The number of hydrogen-bond donors (Lipinski definition) is 1. The van der Waals surface area contributed by atoms with Gasteiger partial charge in [-0.25, -0.2) is 0 Å². The molecule has 0 radical (unpaired) electrons. The summed E-state index contributed by atoms with van der Waals surface area (Å²) in [6.07, 6.45) is 2.94. The maximum absolute atomic E-state index is 12.5. The SMILES string of the molecule is CCC(C)N(CC)C(=O)C1(CN)CC(C)C1. The molecule has 0 bridgehead atoms. The minimum Gasteiger partial charge on any atom is -0.340 e. The Kier molecular flexibility index (Phi) is 4.36. The summed E-state index contributed by atoms with van der Waals surface area (Å²) in [5.74, 6) is 0.938. The Morgan fingerprint density at radius 2 is 2.06 bits per heavy atom. The zero-order valence-corrected chi connectivity index (χ0v) is 11.1. The van der Waals surface area contributed by atoms with E-state index in [1.165, 1.54) is 0 Å². The fourth-order valence-electron chi connectivity index (χ4n) is 2.88. The van der Waals surface area contributed by atoms with Crippen LogP contribution >= 0.6 is 0 Å². The molecule has 0 heterocycles. The first-order chi connectivity index (χ1) is 7.50. The number of carbonyl (C=O) groups excluding carboxylic acids is 1. The molecule has 16 heavy (non-hydrogen) atoms. The monoisotopic (exact) mass is 226 g/mol. The number of rotatable bonds is 5. The Bertz CT molecular complexity index is 246. The molecular formula is C13H26N2O. The number of hydrogen-bond acceptors (Lipinski definition) is 2. The minimum atomic E-state index is -0.237.